The molecule has 1 aromatic heterocycles. The molecule has 0 bridgehead atoms. The molecule has 1 atom stereocenters. The number of aryl methyl sites for hydroxylation is 1. The molecule has 3 aromatic rings. The Balaban J connectivity index is 1.60. The van der Waals surface area contributed by atoms with Crippen LogP contribution in [-0.2, 0) is 22.4 Å². The Hall–Kier alpha value is -1.95. The van der Waals surface area contributed by atoms with Crippen LogP contribution in [0.15, 0.2) is 59.5 Å². The van der Waals surface area contributed by atoms with Gasteiger partial charge in [0.1, 0.15) is 37.4 Å². The lowest BCUT2D eigenvalue weighted by Crippen LogP contribution is -2.24. The molecule has 1 N–H and O–H groups in total. The molecule has 5 nitrogen and oxygen atoms in total. The summed E-state index contributed by atoms with van der Waals surface area (Å²) >= 11 is 8.98. The second kappa shape index (κ2) is 13.4. The molecule has 190 valence electrons. The first-order valence-electron chi connectivity index (χ1n) is 10.5. The van der Waals surface area contributed by atoms with E-state index in [4.69, 9.17) is 31.1 Å². The SMILES string of the molecule is Cc1cc(SC[C@@H](COc2ccc(C(F)(F)F)cc2)OCc2ccc(Cl)s2)ccc1OCCOO. The molecule has 0 spiro atoms. The highest BCUT2D eigenvalue weighted by atomic mass is 35.5. The summed E-state index contributed by atoms with van der Waals surface area (Å²) in [5.41, 5.74) is 0.203. The molecule has 1 heterocycles. The Morgan fingerprint density at radius 1 is 1.03 bits per heavy atom. The first-order valence-corrected chi connectivity index (χ1v) is 12.7. The fourth-order valence-corrected chi connectivity index (χ4v) is 4.96. The lowest BCUT2D eigenvalue weighted by Gasteiger charge is -2.19. The summed E-state index contributed by atoms with van der Waals surface area (Å²) in [6.45, 7) is 2.73. The van der Waals surface area contributed by atoms with E-state index in [0.29, 0.717) is 28.2 Å². The van der Waals surface area contributed by atoms with Gasteiger partial charge in [-0.15, -0.1) is 23.1 Å². The molecular formula is C24H24ClF3O5S2. The monoisotopic (exact) mass is 548 g/mol. The van der Waals surface area contributed by atoms with Crippen LogP contribution >= 0.6 is 34.7 Å². The smallest absolute Gasteiger partial charge is 0.416 e. The van der Waals surface area contributed by atoms with Gasteiger partial charge in [0.2, 0.25) is 0 Å². The van der Waals surface area contributed by atoms with Crippen molar-refractivity contribution >= 4 is 34.7 Å². The number of benzene rings is 2. The van der Waals surface area contributed by atoms with Crippen LogP contribution in [0.2, 0.25) is 4.34 Å². The third-order valence-electron chi connectivity index (χ3n) is 4.72. The average molecular weight is 549 g/mol. The van der Waals surface area contributed by atoms with Crippen molar-refractivity contribution in [3.63, 3.8) is 0 Å². The Morgan fingerprint density at radius 2 is 1.80 bits per heavy atom. The highest BCUT2D eigenvalue weighted by Crippen LogP contribution is 2.31. The van der Waals surface area contributed by atoms with Crippen molar-refractivity contribution in [1.29, 1.82) is 0 Å². The van der Waals surface area contributed by atoms with Crippen LogP contribution in [0.1, 0.15) is 16.0 Å². The van der Waals surface area contributed by atoms with Gasteiger partial charge >= 0.3 is 6.18 Å². The summed E-state index contributed by atoms with van der Waals surface area (Å²) in [5.74, 6) is 1.58. The average Bonchev–Trinajstić information content (AvgIpc) is 3.24. The number of hydrogen-bond donors (Lipinski definition) is 1. The van der Waals surface area contributed by atoms with E-state index in [2.05, 4.69) is 4.89 Å². The minimum atomic E-state index is -4.39. The third-order valence-corrected chi connectivity index (χ3v) is 7.05. The number of halogens is 4. The molecule has 3 rings (SSSR count). The van der Waals surface area contributed by atoms with E-state index >= 15 is 0 Å². The summed E-state index contributed by atoms with van der Waals surface area (Å²) < 4.78 is 56.4. The van der Waals surface area contributed by atoms with Crippen LogP contribution in [0, 0.1) is 6.92 Å². The van der Waals surface area contributed by atoms with E-state index in [1.807, 2.05) is 31.2 Å². The van der Waals surface area contributed by atoms with Crippen molar-refractivity contribution in [2.45, 2.75) is 30.7 Å². The molecule has 11 heteroatoms. The van der Waals surface area contributed by atoms with Crippen LogP contribution in [0.5, 0.6) is 11.5 Å². The molecule has 0 fully saturated rings. The quantitative estimate of drug-likeness (QED) is 0.104. The zero-order valence-electron chi connectivity index (χ0n) is 18.7. The predicted molar refractivity (Wildman–Crippen MR) is 131 cm³/mol. The van der Waals surface area contributed by atoms with Gasteiger partial charge in [-0.25, -0.2) is 4.89 Å². The molecule has 2 aromatic carbocycles. The molecule has 0 saturated carbocycles. The largest absolute Gasteiger partial charge is 0.491 e. The molecule has 35 heavy (non-hydrogen) atoms. The number of thioether (sulfide) groups is 1. The Kier molecular flexibility index (Phi) is 10.6. The van der Waals surface area contributed by atoms with Crippen LogP contribution in [0.4, 0.5) is 13.2 Å². The van der Waals surface area contributed by atoms with E-state index in [0.717, 1.165) is 27.5 Å². The standard InChI is InChI=1S/C24H24ClF3O5S2/c1-16-12-20(6-8-22(16)30-10-11-33-29)34-15-19(32-14-21-7-9-23(25)35-21)13-31-18-4-2-17(3-5-18)24(26,27)28/h2-9,12,19,29H,10-11,13-15H2,1H3/t19-/m1/s1. The molecular weight excluding hydrogens is 525 g/mol. The summed E-state index contributed by atoms with van der Waals surface area (Å²) in [6.07, 6.45) is -4.73. The Bertz CT molecular complexity index is 1060. The van der Waals surface area contributed by atoms with Crippen molar-refractivity contribution in [2.75, 3.05) is 25.6 Å². The van der Waals surface area contributed by atoms with Crippen LogP contribution in [0.3, 0.4) is 0 Å². The fraction of sp³-hybridized carbons (Fsp3) is 0.333. The van der Waals surface area contributed by atoms with Crippen molar-refractivity contribution in [2.24, 2.45) is 0 Å². The maximum absolute atomic E-state index is 12.8. The lowest BCUT2D eigenvalue weighted by atomic mass is 10.2. The molecule has 0 aliphatic carbocycles. The first kappa shape index (κ1) is 27.6. The van der Waals surface area contributed by atoms with Gasteiger partial charge in [0.25, 0.3) is 0 Å². The topological polar surface area (TPSA) is 57.2 Å². The van der Waals surface area contributed by atoms with E-state index < -0.39 is 11.7 Å². The van der Waals surface area contributed by atoms with Crippen molar-refractivity contribution in [3.05, 3.63) is 74.9 Å². The normalized spacial score (nSPS) is 12.5. The maximum Gasteiger partial charge on any atom is 0.416 e. The molecule has 0 aliphatic rings. The van der Waals surface area contributed by atoms with E-state index in [1.165, 1.54) is 23.5 Å². The van der Waals surface area contributed by atoms with E-state index in [9.17, 15) is 13.2 Å². The van der Waals surface area contributed by atoms with Crippen LogP contribution < -0.4 is 9.47 Å². The van der Waals surface area contributed by atoms with Gasteiger partial charge in [-0.3, -0.25) is 5.26 Å². The first-order chi connectivity index (χ1) is 16.7. The van der Waals surface area contributed by atoms with Gasteiger partial charge in [-0.2, -0.15) is 13.2 Å². The van der Waals surface area contributed by atoms with E-state index in [-0.39, 0.29) is 25.9 Å². The highest BCUT2D eigenvalue weighted by Gasteiger charge is 2.30. The van der Waals surface area contributed by atoms with Gasteiger partial charge in [-0.05, 0) is 67.1 Å². The predicted octanol–water partition coefficient (Wildman–Crippen LogP) is 7.35. The number of rotatable bonds is 13. The van der Waals surface area contributed by atoms with Crippen LogP contribution in [-0.4, -0.2) is 36.9 Å². The molecule has 0 radical (unpaired) electrons. The maximum atomic E-state index is 12.8. The number of thiophene rings is 1. The van der Waals surface area contributed by atoms with E-state index in [1.54, 1.807) is 17.8 Å². The second-order valence-corrected chi connectivity index (χ2v) is 10.3. The Labute approximate surface area is 214 Å². The van der Waals surface area contributed by atoms with Gasteiger partial charge in [-0.1, -0.05) is 11.6 Å². The van der Waals surface area contributed by atoms with Crippen molar-refractivity contribution < 1.29 is 37.5 Å². The van der Waals surface area contributed by atoms with Crippen molar-refractivity contribution in [3.8, 4) is 11.5 Å². The van der Waals surface area contributed by atoms with Gasteiger partial charge < -0.3 is 14.2 Å². The summed E-state index contributed by atoms with van der Waals surface area (Å²) in [5, 5.41) is 8.40. The summed E-state index contributed by atoms with van der Waals surface area (Å²) in [6, 6.07) is 14.0. The molecule has 0 amide bonds. The Morgan fingerprint density at radius 3 is 2.43 bits per heavy atom. The molecule has 0 unspecified atom stereocenters. The number of hydrogen-bond acceptors (Lipinski definition) is 7. The second-order valence-electron chi connectivity index (χ2n) is 7.39. The minimum absolute atomic E-state index is 0.0728. The lowest BCUT2D eigenvalue weighted by molar-refractivity contribution is -0.245. The summed E-state index contributed by atoms with van der Waals surface area (Å²) in [4.78, 5) is 5.97. The van der Waals surface area contributed by atoms with Gasteiger partial charge in [0.05, 0.1) is 16.5 Å². The number of ether oxygens (including phenoxy) is 3. The number of alkyl halides is 3. The fourth-order valence-electron chi connectivity index (χ4n) is 2.95. The van der Waals surface area contributed by atoms with Gasteiger partial charge in [0.15, 0.2) is 0 Å². The third kappa shape index (κ3) is 9.21. The van der Waals surface area contributed by atoms with Crippen LogP contribution in [0.25, 0.3) is 0 Å². The summed E-state index contributed by atoms with van der Waals surface area (Å²) in [7, 11) is 0. The highest BCUT2D eigenvalue weighted by molar-refractivity contribution is 7.99. The van der Waals surface area contributed by atoms with Gasteiger partial charge in [0, 0.05) is 15.5 Å². The zero-order chi connectivity index (χ0) is 25.3. The zero-order valence-corrected chi connectivity index (χ0v) is 21.1. The molecule has 0 saturated heterocycles. The van der Waals surface area contributed by atoms with Crippen molar-refractivity contribution in [1.82, 2.24) is 0 Å². The minimum Gasteiger partial charge on any atom is -0.491 e. The molecule has 0 aliphatic heterocycles.